The van der Waals surface area contributed by atoms with Gasteiger partial charge in [0.15, 0.2) is 11.5 Å². The maximum absolute atomic E-state index is 12.9. The zero-order chi connectivity index (χ0) is 22.5. The number of carbonyl (C=O) groups excluding carboxylic acids is 1. The number of hydrogen-bond donors (Lipinski definition) is 0. The van der Waals surface area contributed by atoms with Crippen molar-refractivity contribution in [2.24, 2.45) is 0 Å². The zero-order valence-electron chi connectivity index (χ0n) is 18.2. The van der Waals surface area contributed by atoms with Gasteiger partial charge in [0, 0.05) is 36.3 Å². The summed E-state index contributed by atoms with van der Waals surface area (Å²) in [5.41, 5.74) is 3.43. The summed E-state index contributed by atoms with van der Waals surface area (Å²) in [5, 5.41) is 6.94. The summed E-state index contributed by atoms with van der Waals surface area (Å²) >= 11 is 1.42. The fourth-order valence-corrected chi connectivity index (χ4v) is 4.15. The third kappa shape index (κ3) is 4.81. The predicted molar refractivity (Wildman–Crippen MR) is 124 cm³/mol. The summed E-state index contributed by atoms with van der Waals surface area (Å²) in [5.74, 6) is 1.14. The number of amides is 1. The number of thiazole rings is 1. The minimum atomic E-state index is -0.135. The molecule has 4 rings (SSSR count). The summed E-state index contributed by atoms with van der Waals surface area (Å²) in [6, 6.07) is 15.7. The first kappa shape index (κ1) is 21.6. The third-order valence-corrected chi connectivity index (χ3v) is 5.89. The van der Waals surface area contributed by atoms with Crippen LogP contribution in [0.1, 0.15) is 21.6 Å². The number of aromatic nitrogens is 3. The van der Waals surface area contributed by atoms with Crippen molar-refractivity contribution in [1.82, 2.24) is 19.7 Å². The van der Waals surface area contributed by atoms with Crippen molar-refractivity contribution in [3.63, 3.8) is 0 Å². The first-order valence-corrected chi connectivity index (χ1v) is 10.9. The zero-order valence-corrected chi connectivity index (χ0v) is 19.0. The van der Waals surface area contributed by atoms with Crippen molar-refractivity contribution in [3.8, 4) is 22.1 Å². The van der Waals surface area contributed by atoms with E-state index in [-0.39, 0.29) is 5.91 Å². The molecule has 0 N–H and O–H groups in total. The smallest absolute Gasteiger partial charge is 0.273 e. The van der Waals surface area contributed by atoms with Crippen LogP contribution in [0.3, 0.4) is 0 Å². The van der Waals surface area contributed by atoms with Crippen LogP contribution in [0, 0.1) is 0 Å². The fraction of sp³-hybridized carbons (Fsp3) is 0.208. The Hall–Kier alpha value is -3.65. The van der Waals surface area contributed by atoms with E-state index in [1.54, 1.807) is 37.7 Å². The molecule has 0 saturated heterocycles. The molecule has 0 unspecified atom stereocenters. The average molecular weight is 449 g/mol. The molecule has 8 heteroatoms. The van der Waals surface area contributed by atoms with Crippen molar-refractivity contribution in [2.45, 2.75) is 13.1 Å². The van der Waals surface area contributed by atoms with Crippen molar-refractivity contribution in [3.05, 3.63) is 83.1 Å². The van der Waals surface area contributed by atoms with E-state index in [4.69, 9.17) is 9.47 Å². The molecule has 164 valence electrons. The van der Waals surface area contributed by atoms with E-state index >= 15 is 0 Å². The van der Waals surface area contributed by atoms with Gasteiger partial charge in [-0.15, -0.1) is 11.3 Å². The molecular weight excluding hydrogens is 424 g/mol. The van der Waals surface area contributed by atoms with Crippen LogP contribution in [0.15, 0.2) is 66.3 Å². The lowest BCUT2D eigenvalue weighted by Gasteiger charge is -2.14. The van der Waals surface area contributed by atoms with Crippen LogP contribution in [-0.2, 0) is 13.1 Å². The molecule has 2 heterocycles. The number of rotatable bonds is 8. The molecule has 0 aliphatic carbocycles. The van der Waals surface area contributed by atoms with Gasteiger partial charge in [-0.05, 0) is 23.8 Å². The van der Waals surface area contributed by atoms with Gasteiger partial charge in [0.1, 0.15) is 10.7 Å². The van der Waals surface area contributed by atoms with E-state index in [2.05, 4.69) is 22.2 Å². The highest BCUT2D eigenvalue weighted by Crippen LogP contribution is 2.33. The van der Waals surface area contributed by atoms with E-state index in [1.807, 2.05) is 47.3 Å². The van der Waals surface area contributed by atoms with Gasteiger partial charge in [-0.2, -0.15) is 5.10 Å². The highest BCUT2D eigenvalue weighted by Gasteiger charge is 2.18. The molecule has 32 heavy (non-hydrogen) atoms. The summed E-state index contributed by atoms with van der Waals surface area (Å²) < 4.78 is 12.5. The summed E-state index contributed by atoms with van der Waals surface area (Å²) in [4.78, 5) is 19.1. The molecule has 0 aliphatic heterocycles. The van der Waals surface area contributed by atoms with Crippen LogP contribution in [-0.4, -0.2) is 46.8 Å². The van der Waals surface area contributed by atoms with Crippen LogP contribution in [0.5, 0.6) is 11.5 Å². The van der Waals surface area contributed by atoms with Crippen molar-refractivity contribution in [2.75, 3.05) is 21.3 Å². The normalized spacial score (nSPS) is 10.7. The highest BCUT2D eigenvalue weighted by molar-refractivity contribution is 7.13. The lowest BCUT2D eigenvalue weighted by atomic mass is 10.2. The first-order valence-electron chi connectivity index (χ1n) is 10.1. The van der Waals surface area contributed by atoms with Crippen LogP contribution >= 0.6 is 11.3 Å². The van der Waals surface area contributed by atoms with Gasteiger partial charge in [-0.1, -0.05) is 30.3 Å². The largest absolute Gasteiger partial charge is 0.493 e. The van der Waals surface area contributed by atoms with Gasteiger partial charge in [-0.25, -0.2) is 4.98 Å². The van der Waals surface area contributed by atoms with E-state index in [0.717, 1.165) is 16.1 Å². The topological polar surface area (TPSA) is 69.5 Å². The lowest BCUT2D eigenvalue weighted by molar-refractivity contribution is 0.0780. The Balaban J connectivity index is 1.42. The van der Waals surface area contributed by atoms with Gasteiger partial charge in [0.2, 0.25) is 0 Å². The molecule has 0 atom stereocenters. The van der Waals surface area contributed by atoms with E-state index in [1.165, 1.54) is 16.9 Å². The third-order valence-electron chi connectivity index (χ3n) is 4.99. The summed E-state index contributed by atoms with van der Waals surface area (Å²) in [6.45, 7) is 1.15. The number of nitrogens with zero attached hydrogens (tertiary/aromatic N) is 4. The Morgan fingerprint density at radius 3 is 2.59 bits per heavy atom. The van der Waals surface area contributed by atoms with E-state index in [0.29, 0.717) is 30.3 Å². The van der Waals surface area contributed by atoms with Crippen LogP contribution in [0.25, 0.3) is 10.6 Å². The van der Waals surface area contributed by atoms with Crippen molar-refractivity contribution in [1.29, 1.82) is 0 Å². The van der Waals surface area contributed by atoms with E-state index in [9.17, 15) is 4.79 Å². The van der Waals surface area contributed by atoms with Gasteiger partial charge in [-0.3, -0.25) is 9.48 Å². The Morgan fingerprint density at radius 1 is 1.06 bits per heavy atom. The Morgan fingerprint density at radius 2 is 1.84 bits per heavy atom. The second-order valence-corrected chi connectivity index (χ2v) is 8.16. The standard InChI is InChI=1S/C24H24N4O3S/c1-27(13-18-12-25-28(15-18)14-17-7-5-4-6-8-17)24(29)20-16-32-23(26-20)19-9-10-21(30-2)22(11-19)31-3/h4-12,15-16H,13-14H2,1-3H3. The molecule has 4 aromatic rings. The molecule has 0 saturated carbocycles. The second-order valence-electron chi connectivity index (χ2n) is 7.30. The molecule has 0 bridgehead atoms. The minimum Gasteiger partial charge on any atom is -0.493 e. The lowest BCUT2D eigenvalue weighted by Crippen LogP contribution is -2.26. The number of methoxy groups -OCH3 is 2. The number of hydrogen-bond acceptors (Lipinski definition) is 6. The second kappa shape index (κ2) is 9.65. The predicted octanol–water partition coefficient (Wildman–Crippen LogP) is 4.34. The average Bonchev–Trinajstić information content (AvgIpc) is 3.48. The molecule has 0 radical (unpaired) electrons. The summed E-state index contributed by atoms with van der Waals surface area (Å²) in [6.07, 6.45) is 3.76. The Labute approximate surface area is 190 Å². The van der Waals surface area contributed by atoms with Crippen molar-refractivity contribution < 1.29 is 14.3 Å². The molecule has 1 amide bonds. The number of carbonyl (C=O) groups is 1. The number of benzene rings is 2. The van der Waals surface area contributed by atoms with Gasteiger partial charge >= 0.3 is 0 Å². The van der Waals surface area contributed by atoms with Crippen LogP contribution < -0.4 is 9.47 Å². The molecule has 2 aromatic carbocycles. The first-order chi connectivity index (χ1) is 15.6. The maximum Gasteiger partial charge on any atom is 0.273 e. The van der Waals surface area contributed by atoms with Crippen molar-refractivity contribution >= 4 is 17.2 Å². The monoisotopic (exact) mass is 448 g/mol. The molecule has 0 fully saturated rings. The molecular formula is C24H24N4O3S. The fourth-order valence-electron chi connectivity index (χ4n) is 3.36. The van der Waals surface area contributed by atoms with Crippen LogP contribution in [0.2, 0.25) is 0 Å². The van der Waals surface area contributed by atoms with Gasteiger partial charge < -0.3 is 14.4 Å². The summed E-state index contributed by atoms with van der Waals surface area (Å²) in [7, 11) is 4.96. The van der Waals surface area contributed by atoms with Crippen LogP contribution in [0.4, 0.5) is 0 Å². The van der Waals surface area contributed by atoms with Gasteiger partial charge in [0.05, 0.1) is 27.0 Å². The molecule has 2 aromatic heterocycles. The van der Waals surface area contributed by atoms with E-state index < -0.39 is 0 Å². The SMILES string of the molecule is COc1ccc(-c2nc(C(=O)N(C)Cc3cnn(Cc4ccccc4)c3)cs2)cc1OC. The minimum absolute atomic E-state index is 0.135. The Kier molecular flexibility index (Phi) is 6.51. The quantitative estimate of drug-likeness (QED) is 0.401. The molecule has 0 spiro atoms. The maximum atomic E-state index is 12.9. The molecule has 0 aliphatic rings. The Bertz CT molecular complexity index is 1200. The molecule has 7 nitrogen and oxygen atoms in total. The number of ether oxygens (including phenoxy) is 2. The van der Waals surface area contributed by atoms with Gasteiger partial charge in [0.25, 0.3) is 5.91 Å². The highest BCUT2D eigenvalue weighted by atomic mass is 32.1.